The Labute approximate surface area is 140 Å². The van der Waals surface area contributed by atoms with Gasteiger partial charge in [0, 0.05) is 0 Å². The number of ether oxygens (including phenoxy) is 2. The maximum absolute atomic E-state index is 12.5. The molecule has 24 heavy (non-hydrogen) atoms. The van der Waals surface area contributed by atoms with Gasteiger partial charge in [-0.3, -0.25) is 9.69 Å². The SMILES string of the molecule is COC(=O)CN(C(=O)Oc1ccccc1)[C@@H](C)c1ccc(O)cc1. The molecule has 0 saturated heterocycles. The minimum atomic E-state index is -0.660. The number of rotatable bonds is 5. The molecule has 2 aromatic carbocycles. The molecule has 0 fully saturated rings. The van der Waals surface area contributed by atoms with Crippen LogP contribution < -0.4 is 4.74 Å². The highest BCUT2D eigenvalue weighted by Gasteiger charge is 2.26. The number of para-hydroxylation sites is 1. The Balaban J connectivity index is 2.21. The van der Waals surface area contributed by atoms with E-state index in [1.807, 2.05) is 6.07 Å². The van der Waals surface area contributed by atoms with Crippen LogP contribution in [0.4, 0.5) is 4.79 Å². The van der Waals surface area contributed by atoms with E-state index in [1.165, 1.54) is 24.1 Å². The number of phenols is 1. The van der Waals surface area contributed by atoms with Gasteiger partial charge in [-0.25, -0.2) is 4.79 Å². The van der Waals surface area contributed by atoms with Crippen LogP contribution >= 0.6 is 0 Å². The molecule has 0 heterocycles. The molecule has 2 rings (SSSR count). The smallest absolute Gasteiger partial charge is 0.416 e. The van der Waals surface area contributed by atoms with E-state index in [0.717, 1.165) is 5.56 Å². The molecule has 0 aliphatic heterocycles. The second kappa shape index (κ2) is 8.01. The summed E-state index contributed by atoms with van der Waals surface area (Å²) < 4.78 is 9.98. The molecule has 0 saturated carbocycles. The zero-order valence-electron chi connectivity index (χ0n) is 13.5. The summed E-state index contributed by atoms with van der Waals surface area (Å²) in [7, 11) is 1.26. The Morgan fingerprint density at radius 2 is 1.71 bits per heavy atom. The van der Waals surface area contributed by atoms with E-state index in [4.69, 9.17) is 4.74 Å². The summed E-state index contributed by atoms with van der Waals surface area (Å²) in [5.41, 5.74) is 0.752. The van der Waals surface area contributed by atoms with Crippen LogP contribution in [0.5, 0.6) is 11.5 Å². The first-order chi connectivity index (χ1) is 11.5. The number of phenolic OH excluding ortho intramolecular Hbond substituents is 1. The Morgan fingerprint density at radius 1 is 1.08 bits per heavy atom. The molecule has 0 aromatic heterocycles. The van der Waals surface area contributed by atoms with Gasteiger partial charge in [-0.2, -0.15) is 0 Å². The quantitative estimate of drug-likeness (QED) is 0.853. The molecule has 1 N–H and O–H groups in total. The first kappa shape index (κ1) is 17.3. The summed E-state index contributed by atoms with van der Waals surface area (Å²) in [6.45, 7) is 1.52. The van der Waals surface area contributed by atoms with Crippen LogP contribution in [0.2, 0.25) is 0 Å². The molecular formula is C18H19NO5. The fraction of sp³-hybridized carbons (Fsp3) is 0.222. The fourth-order valence-electron chi connectivity index (χ4n) is 2.14. The van der Waals surface area contributed by atoms with E-state index in [2.05, 4.69) is 4.74 Å². The Hall–Kier alpha value is -3.02. The average molecular weight is 329 g/mol. The van der Waals surface area contributed by atoms with E-state index in [0.29, 0.717) is 5.75 Å². The molecule has 0 aliphatic rings. The highest BCUT2D eigenvalue weighted by molar-refractivity contribution is 5.79. The van der Waals surface area contributed by atoms with Crippen molar-refractivity contribution in [1.82, 2.24) is 4.90 Å². The van der Waals surface area contributed by atoms with E-state index in [9.17, 15) is 14.7 Å². The molecule has 6 heteroatoms. The number of carbonyl (C=O) groups excluding carboxylic acids is 2. The lowest BCUT2D eigenvalue weighted by molar-refractivity contribution is -0.141. The van der Waals surface area contributed by atoms with Crippen LogP contribution in [-0.4, -0.2) is 35.7 Å². The van der Waals surface area contributed by atoms with Gasteiger partial charge in [0.25, 0.3) is 0 Å². The second-order valence-electron chi connectivity index (χ2n) is 5.15. The zero-order valence-corrected chi connectivity index (χ0v) is 13.5. The van der Waals surface area contributed by atoms with Crippen molar-refractivity contribution >= 4 is 12.1 Å². The van der Waals surface area contributed by atoms with Crippen molar-refractivity contribution < 1.29 is 24.2 Å². The standard InChI is InChI=1S/C18H19NO5/c1-13(14-8-10-15(20)11-9-14)19(12-17(21)23-2)18(22)24-16-6-4-3-5-7-16/h3-11,13,20H,12H2,1-2H3/t13-/m0/s1. The Bertz CT molecular complexity index is 684. The van der Waals surface area contributed by atoms with Gasteiger partial charge < -0.3 is 14.6 Å². The highest BCUT2D eigenvalue weighted by atomic mass is 16.6. The summed E-state index contributed by atoms with van der Waals surface area (Å²) in [5, 5.41) is 9.39. The largest absolute Gasteiger partial charge is 0.508 e. The van der Waals surface area contributed by atoms with Gasteiger partial charge in [0.1, 0.15) is 18.0 Å². The predicted molar refractivity (Wildman–Crippen MR) is 87.7 cm³/mol. The molecule has 0 aliphatic carbocycles. The first-order valence-corrected chi connectivity index (χ1v) is 7.40. The number of aromatic hydroxyl groups is 1. The molecule has 0 bridgehead atoms. The number of hydrogen-bond donors (Lipinski definition) is 1. The molecular weight excluding hydrogens is 310 g/mol. The lowest BCUT2D eigenvalue weighted by Gasteiger charge is -2.27. The lowest BCUT2D eigenvalue weighted by Crippen LogP contribution is -2.40. The topological polar surface area (TPSA) is 76.1 Å². The number of benzene rings is 2. The lowest BCUT2D eigenvalue weighted by atomic mass is 10.1. The van der Waals surface area contributed by atoms with Gasteiger partial charge in [-0.15, -0.1) is 0 Å². The van der Waals surface area contributed by atoms with Crippen molar-refractivity contribution in [1.29, 1.82) is 0 Å². The Morgan fingerprint density at radius 3 is 2.29 bits per heavy atom. The highest BCUT2D eigenvalue weighted by Crippen LogP contribution is 2.23. The van der Waals surface area contributed by atoms with Gasteiger partial charge in [0.2, 0.25) is 0 Å². The van der Waals surface area contributed by atoms with E-state index in [1.54, 1.807) is 43.3 Å². The third kappa shape index (κ3) is 4.49. The third-order valence-corrected chi connectivity index (χ3v) is 3.55. The predicted octanol–water partition coefficient (Wildman–Crippen LogP) is 3.13. The minimum absolute atomic E-state index is 0.123. The van der Waals surface area contributed by atoms with Crippen LogP contribution in [-0.2, 0) is 9.53 Å². The molecule has 0 radical (unpaired) electrons. The molecule has 1 amide bonds. The summed E-state index contributed by atoms with van der Waals surface area (Å²) in [5.74, 6) is -0.0433. The first-order valence-electron chi connectivity index (χ1n) is 7.40. The second-order valence-corrected chi connectivity index (χ2v) is 5.15. The zero-order chi connectivity index (χ0) is 17.5. The van der Waals surface area contributed by atoms with Crippen LogP contribution in [0.25, 0.3) is 0 Å². The number of esters is 1. The number of carbonyl (C=O) groups is 2. The molecule has 0 unspecified atom stereocenters. The third-order valence-electron chi connectivity index (χ3n) is 3.55. The number of hydrogen-bond acceptors (Lipinski definition) is 5. The van der Waals surface area contributed by atoms with Crippen LogP contribution in [0, 0.1) is 0 Å². The van der Waals surface area contributed by atoms with Crippen LogP contribution in [0.3, 0.4) is 0 Å². The summed E-state index contributed by atoms with van der Waals surface area (Å²) >= 11 is 0. The molecule has 1 atom stereocenters. The molecule has 0 spiro atoms. The fourth-order valence-corrected chi connectivity index (χ4v) is 2.14. The van der Waals surface area contributed by atoms with Crippen molar-refractivity contribution in [3.63, 3.8) is 0 Å². The Kier molecular flexibility index (Phi) is 5.78. The maximum Gasteiger partial charge on any atom is 0.416 e. The van der Waals surface area contributed by atoms with Crippen molar-refractivity contribution in [2.24, 2.45) is 0 Å². The summed E-state index contributed by atoms with van der Waals surface area (Å²) in [6, 6.07) is 14.6. The van der Waals surface area contributed by atoms with Crippen LogP contribution in [0.1, 0.15) is 18.5 Å². The van der Waals surface area contributed by atoms with E-state index >= 15 is 0 Å². The molecule has 2 aromatic rings. The number of nitrogens with zero attached hydrogens (tertiary/aromatic N) is 1. The molecule has 126 valence electrons. The van der Waals surface area contributed by atoms with Crippen molar-refractivity contribution in [3.05, 3.63) is 60.2 Å². The monoisotopic (exact) mass is 329 g/mol. The van der Waals surface area contributed by atoms with Crippen molar-refractivity contribution in [2.75, 3.05) is 13.7 Å². The number of methoxy groups -OCH3 is 1. The van der Waals surface area contributed by atoms with Crippen molar-refractivity contribution in [2.45, 2.75) is 13.0 Å². The number of amides is 1. The minimum Gasteiger partial charge on any atom is -0.508 e. The van der Waals surface area contributed by atoms with Gasteiger partial charge in [0.15, 0.2) is 0 Å². The van der Waals surface area contributed by atoms with Gasteiger partial charge in [-0.05, 0) is 36.8 Å². The van der Waals surface area contributed by atoms with Gasteiger partial charge >= 0.3 is 12.1 Å². The van der Waals surface area contributed by atoms with E-state index in [-0.39, 0.29) is 12.3 Å². The average Bonchev–Trinajstić information content (AvgIpc) is 2.60. The maximum atomic E-state index is 12.5. The van der Waals surface area contributed by atoms with E-state index < -0.39 is 18.1 Å². The molecule has 6 nitrogen and oxygen atoms in total. The normalized spacial score (nSPS) is 11.4. The summed E-state index contributed by atoms with van der Waals surface area (Å²) in [4.78, 5) is 25.4. The van der Waals surface area contributed by atoms with Gasteiger partial charge in [-0.1, -0.05) is 30.3 Å². The van der Waals surface area contributed by atoms with Crippen molar-refractivity contribution in [3.8, 4) is 11.5 Å². The van der Waals surface area contributed by atoms with Gasteiger partial charge in [0.05, 0.1) is 13.2 Å². The summed E-state index contributed by atoms with van der Waals surface area (Å²) in [6.07, 6.45) is -0.660. The van der Waals surface area contributed by atoms with Crippen LogP contribution in [0.15, 0.2) is 54.6 Å².